The molecule has 0 amide bonds. The summed E-state index contributed by atoms with van der Waals surface area (Å²) in [5.41, 5.74) is 2.05. The number of aryl methyl sites for hydroxylation is 1. The third-order valence-corrected chi connectivity index (χ3v) is 7.55. The molecule has 0 N–H and O–H groups in total. The monoisotopic (exact) mass is 576 g/mol. The van der Waals surface area contributed by atoms with Gasteiger partial charge >= 0.3 is 5.97 Å². The maximum Gasteiger partial charge on any atom is 0.346 e. The number of rotatable bonds is 21. The molecule has 0 saturated carbocycles. The molecule has 0 unspecified atom stereocenters. The Bertz CT molecular complexity index is 1170. The van der Waals surface area contributed by atoms with Gasteiger partial charge in [-0.05, 0) is 37.0 Å². The summed E-state index contributed by atoms with van der Waals surface area (Å²) < 4.78 is 25.7. The van der Waals surface area contributed by atoms with Gasteiger partial charge in [-0.25, -0.2) is 19.2 Å². The van der Waals surface area contributed by atoms with Crippen molar-refractivity contribution in [3.05, 3.63) is 71.8 Å². The number of esters is 1. The third-order valence-electron chi connectivity index (χ3n) is 7.55. The molecule has 3 aromatic rings. The van der Waals surface area contributed by atoms with Gasteiger partial charge in [0.05, 0.1) is 24.6 Å². The van der Waals surface area contributed by atoms with E-state index >= 15 is 0 Å². The molecule has 0 radical (unpaired) electrons. The van der Waals surface area contributed by atoms with Gasteiger partial charge in [-0.1, -0.05) is 122 Å². The molecule has 0 aliphatic carbocycles. The molecular weight excluding hydrogens is 527 g/mol. The van der Waals surface area contributed by atoms with Crippen LogP contribution in [-0.2, 0) is 6.42 Å². The average molecular weight is 577 g/mol. The molecular formula is C36H49FN2O3. The van der Waals surface area contributed by atoms with Crippen molar-refractivity contribution in [3.8, 4) is 22.9 Å². The summed E-state index contributed by atoms with van der Waals surface area (Å²) in [6.45, 7) is 5.00. The number of nitrogens with zero attached hydrogens (tertiary/aromatic N) is 2. The molecule has 2 aromatic carbocycles. The molecule has 6 heteroatoms. The second-order valence-corrected chi connectivity index (χ2v) is 11.2. The van der Waals surface area contributed by atoms with E-state index in [9.17, 15) is 9.18 Å². The normalized spacial score (nSPS) is 11.0. The fourth-order valence-electron chi connectivity index (χ4n) is 4.96. The first-order valence-electron chi connectivity index (χ1n) is 16.2. The van der Waals surface area contributed by atoms with Crippen LogP contribution in [0.3, 0.4) is 0 Å². The van der Waals surface area contributed by atoms with Gasteiger partial charge in [0.25, 0.3) is 0 Å². The maximum absolute atomic E-state index is 14.6. The van der Waals surface area contributed by atoms with Crippen molar-refractivity contribution in [1.82, 2.24) is 9.97 Å². The van der Waals surface area contributed by atoms with Crippen LogP contribution in [0.2, 0.25) is 0 Å². The van der Waals surface area contributed by atoms with Crippen LogP contribution in [-0.4, -0.2) is 22.5 Å². The molecule has 42 heavy (non-hydrogen) atoms. The van der Waals surface area contributed by atoms with E-state index in [1.807, 2.05) is 12.1 Å². The smallest absolute Gasteiger partial charge is 0.346 e. The predicted molar refractivity (Wildman–Crippen MR) is 169 cm³/mol. The first kappa shape index (κ1) is 33.2. The highest BCUT2D eigenvalue weighted by atomic mass is 19.1. The van der Waals surface area contributed by atoms with Crippen LogP contribution in [0.4, 0.5) is 4.39 Å². The van der Waals surface area contributed by atoms with Crippen molar-refractivity contribution >= 4 is 5.97 Å². The Morgan fingerprint density at radius 2 is 1.26 bits per heavy atom. The number of unbranched alkanes of at least 4 members (excludes halogenated alkanes) is 13. The van der Waals surface area contributed by atoms with Gasteiger partial charge in [0.2, 0.25) is 0 Å². The van der Waals surface area contributed by atoms with Crippen LogP contribution < -0.4 is 9.47 Å². The molecule has 5 nitrogen and oxygen atoms in total. The van der Waals surface area contributed by atoms with Gasteiger partial charge in [0.1, 0.15) is 11.6 Å². The molecule has 1 heterocycles. The highest BCUT2D eigenvalue weighted by Crippen LogP contribution is 2.22. The second kappa shape index (κ2) is 19.8. The van der Waals surface area contributed by atoms with Crippen molar-refractivity contribution in [2.24, 2.45) is 0 Å². The molecule has 1 aromatic heterocycles. The molecule has 0 saturated heterocycles. The summed E-state index contributed by atoms with van der Waals surface area (Å²) in [5, 5.41) is 0. The molecule has 0 bridgehead atoms. The summed E-state index contributed by atoms with van der Waals surface area (Å²) in [6, 6.07) is 12.5. The SMILES string of the molecule is CCCCCCCCCCOc1ccc(C(=O)Oc2cnc(-c3ccc(CCCCCCCCC)cc3)nc2)c(F)c1. The van der Waals surface area contributed by atoms with Crippen LogP contribution in [0.25, 0.3) is 11.4 Å². The molecule has 0 aliphatic heterocycles. The van der Waals surface area contributed by atoms with E-state index in [4.69, 9.17) is 9.47 Å². The van der Waals surface area contributed by atoms with E-state index in [1.54, 1.807) is 6.07 Å². The summed E-state index contributed by atoms with van der Waals surface area (Å²) in [6.07, 6.45) is 22.7. The van der Waals surface area contributed by atoms with Crippen LogP contribution in [0.5, 0.6) is 11.5 Å². The first-order valence-corrected chi connectivity index (χ1v) is 16.2. The molecule has 0 atom stereocenters. The Labute approximate surface area is 252 Å². The molecule has 0 spiro atoms. The highest BCUT2D eigenvalue weighted by Gasteiger charge is 2.16. The van der Waals surface area contributed by atoms with Crippen molar-refractivity contribution < 1.29 is 18.7 Å². The number of hydrogen-bond acceptors (Lipinski definition) is 5. The summed E-state index contributed by atoms with van der Waals surface area (Å²) in [7, 11) is 0. The molecule has 0 aliphatic rings. The van der Waals surface area contributed by atoms with Gasteiger partial charge in [-0.2, -0.15) is 0 Å². The van der Waals surface area contributed by atoms with Crippen molar-refractivity contribution in [3.63, 3.8) is 0 Å². The van der Waals surface area contributed by atoms with Crippen molar-refractivity contribution in [1.29, 1.82) is 0 Å². The van der Waals surface area contributed by atoms with Gasteiger partial charge in [0, 0.05) is 11.6 Å². The summed E-state index contributed by atoms with van der Waals surface area (Å²) >= 11 is 0. The minimum Gasteiger partial charge on any atom is -0.493 e. The molecule has 0 fully saturated rings. The lowest BCUT2D eigenvalue weighted by Gasteiger charge is -2.09. The highest BCUT2D eigenvalue weighted by molar-refractivity contribution is 5.91. The average Bonchev–Trinajstić information content (AvgIpc) is 3.00. The van der Waals surface area contributed by atoms with Gasteiger partial charge < -0.3 is 9.47 Å². The lowest BCUT2D eigenvalue weighted by molar-refractivity contribution is 0.0728. The van der Waals surface area contributed by atoms with Crippen LogP contribution in [0.1, 0.15) is 126 Å². The van der Waals surface area contributed by atoms with Crippen LogP contribution in [0, 0.1) is 5.82 Å². The fraction of sp³-hybridized carbons (Fsp3) is 0.528. The van der Waals surface area contributed by atoms with E-state index in [2.05, 4.69) is 35.9 Å². The number of carbonyl (C=O) groups is 1. The third kappa shape index (κ3) is 12.3. The second-order valence-electron chi connectivity index (χ2n) is 11.2. The number of benzene rings is 2. The first-order chi connectivity index (χ1) is 20.6. The predicted octanol–water partition coefficient (Wildman–Crippen LogP) is 10.3. The maximum atomic E-state index is 14.6. The number of ether oxygens (including phenoxy) is 2. The largest absolute Gasteiger partial charge is 0.493 e. The lowest BCUT2D eigenvalue weighted by Crippen LogP contribution is -2.11. The quantitative estimate of drug-likeness (QED) is 0.0932. The minimum absolute atomic E-state index is 0.157. The van der Waals surface area contributed by atoms with E-state index in [1.165, 1.54) is 114 Å². The van der Waals surface area contributed by atoms with Crippen molar-refractivity contribution in [2.45, 2.75) is 117 Å². The molecule has 228 valence electrons. The Kier molecular flexibility index (Phi) is 15.6. The van der Waals surface area contributed by atoms with Crippen LogP contribution >= 0.6 is 0 Å². The minimum atomic E-state index is -0.798. The fourth-order valence-corrected chi connectivity index (χ4v) is 4.96. The zero-order valence-corrected chi connectivity index (χ0v) is 25.7. The zero-order valence-electron chi connectivity index (χ0n) is 25.7. The Morgan fingerprint density at radius 1 is 0.690 bits per heavy atom. The van der Waals surface area contributed by atoms with Gasteiger partial charge in [-0.15, -0.1) is 0 Å². The van der Waals surface area contributed by atoms with Gasteiger partial charge in [-0.3, -0.25) is 0 Å². The van der Waals surface area contributed by atoms with Crippen molar-refractivity contribution in [2.75, 3.05) is 6.61 Å². The number of hydrogen-bond donors (Lipinski definition) is 0. The Morgan fingerprint density at radius 3 is 1.86 bits per heavy atom. The van der Waals surface area contributed by atoms with Crippen LogP contribution in [0.15, 0.2) is 54.9 Å². The zero-order chi connectivity index (χ0) is 29.8. The number of aromatic nitrogens is 2. The lowest BCUT2D eigenvalue weighted by atomic mass is 10.0. The summed E-state index contributed by atoms with van der Waals surface area (Å²) in [4.78, 5) is 21.3. The van der Waals surface area contributed by atoms with Gasteiger partial charge in [0.15, 0.2) is 11.6 Å². The number of carbonyl (C=O) groups excluding carboxylic acids is 1. The van der Waals surface area contributed by atoms with E-state index in [0.717, 1.165) is 24.8 Å². The molecule has 3 rings (SSSR count). The van der Waals surface area contributed by atoms with E-state index < -0.39 is 11.8 Å². The van der Waals surface area contributed by atoms with E-state index in [0.29, 0.717) is 18.2 Å². The van der Waals surface area contributed by atoms with E-state index in [-0.39, 0.29) is 11.3 Å². The topological polar surface area (TPSA) is 61.3 Å². The summed E-state index contributed by atoms with van der Waals surface area (Å²) in [5.74, 6) is -0.362. The Hall–Kier alpha value is -3.28. The number of halogens is 1. The Balaban J connectivity index is 1.39. The standard InChI is InChI=1S/C36H49FN2O3/c1-3-5-7-9-11-13-15-17-25-41-31-23-24-33(34(37)26-31)36(40)42-32-27-38-35(39-28-32)30-21-19-29(20-22-30)18-16-14-12-10-8-6-4-2/h19-24,26-28H,3-18,25H2,1-2H3.